The monoisotopic (exact) mass is 529 g/mol. The van der Waals surface area contributed by atoms with Crippen molar-refractivity contribution in [2.75, 3.05) is 18.4 Å². The molecule has 2 unspecified atom stereocenters. The maximum atomic E-state index is 13.5. The molecule has 10 heteroatoms. The molecule has 4 aromatic rings. The lowest BCUT2D eigenvalue weighted by Gasteiger charge is -2.23. The summed E-state index contributed by atoms with van der Waals surface area (Å²) in [6.45, 7) is 7.12. The standard InChI is InChI=1S/C28H28FN7OS/c1-15-24(38-26(33-15)25-31-9-4-10-32-25)27(37)36-13-19-20(14-36)23(19)35-22-12-17(28(2,3)30)11-21(34-22)16-5-7-18(29)8-6-16/h4-12,19-20,23H,13-14,30H2,1-3H3,(H,34,35). The van der Waals surface area contributed by atoms with E-state index in [0.717, 1.165) is 22.6 Å². The number of carbonyl (C=O) groups is 1. The first-order valence-electron chi connectivity index (χ1n) is 12.6. The smallest absolute Gasteiger partial charge is 0.265 e. The minimum absolute atomic E-state index is 0.0109. The number of halogens is 1. The van der Waals surface area contributed by atoms with E-state index in [-0.39, 0.29) is 17.8 Å². The van der Waals surface area contributed by atoms with Gasteiger partial charge in [0.1, 0.15) is 16.5 Å². The zero-order valence-electron chi connectivity index (χ0n) is 21.4. The number of aromatic nitrogens is 4. The number of carbonyl (C=O) groups excluding carboxylic acids is 1. The zero-order valence-corrected chi connectivity index (χ0v) is 22.2. The number of likely N-dealkylation sites (tertiary alicyclic amines) is 1. The van der Waals surface area contributed by atoms with Crippen molar-refractivity contribution < 1.29 is 9.18 Å². The second kappa shape index (κ2) is 9.21. The molecular formula is C28H28FN7OS. The summed E-state index contributed by atoms with van der Waals surface area (Å²) in [6.07, 6.45) is 3.34. The van der Waals surface area contributed by atoms with Crippen LogP contribution in [0.1, 0.15) is 34.8 Å². The van der Waals surface area contributed by atoms with E-state index in [4.69, 9.17) is 10.7 Å². The van der Waals surface area contributed by atoms with Crippen LogP contribution in [-0.2, 0) is 5.54 Å². The van der Waals surface area contributed by atoms with Gasteiger partial charge in [-0.3, -0.25) is 4.79 Å². The van der Waals surface area contributed by atoms with Gasteiger partial charge in [0.05, 0.1) is 11.4 Å². The van der Waals surface area contributed by atoms with E-state index in [0.29, 0.717) is 46.3 Å². The van der Waals surface area contributed by atoms with Crippen LogP contribution < -0.4 is 11.1 Å². The number of thiazole rings is 1. The molecule has 6 rings (SSSR count). The summed E-state index contributed by atoms with van der Waals surface area (Å²) in [5.74, 6) is 1.71. The second-order valence-electron chi connectivity index (χ2n) is 10.6. The topological polar surface area (TPSA) is 110 Å². The van der Waals surface area contributed by atoms with Crippen LogP contribution in [0.4, 0.5) is 10.2 Å². The summed E-state index contributed by atoms with van der Waals surface area (Å²) in [5.41, 5.74) is 9.07. The van der Waals surface area contributed by atoms with Gasteiger partial charge in [-0.1, -0.05) is 0 Å². The number of benzene rings is 1. The molecule has 3 N–H and O–H groups in total. The number of piperidine rings is 1. The maximum absolute atomic E-state index is 13.5. The average Bonchev–Trinajstić information content (AvgIpc) is 3.22. The molecule has 1 amide bonds. The Morgan fingerprint density at radius 1 is 1.11 bits per heavy atom. The number of nitrogens with one attached hydrogen (secondary N) is 1. The van der Waals surface area contributed by atoms with Crippen LogP contribution in [0, 0.1) is 24.6 Å². The largest absolute Gasteiger partial charge is 0.367 e. The molecule has 1 saturated carbocycles. The molecule has 2 atom stereocenters. The molecule has 1 aromatic carbocycles. The SMILES string of the molecule is Cc1nc(-c2ncccn2)sc1C(=O)N1CC2C(C1)C2Nc1cc(C(C)(C)N)cc(-c2ccc(F)cc2)n1. The van der Waals surface area contributed by atoms with Crippen LogP contribution in [0.15, 0.2) is 54.9 Å². The molecule has 0 radical (unpaired) electrons. The predicted octanol–water partition coefficient (Wildman–Crippen LogP) is 4.49. The van der Waals surface area contributed by atoms with Crippen LogP contribution in [0.2, 0.25) is 0 Å². The Bertz CT molecular complexity index is 1490. The summed E-state index contributed by atoms with van der Waals surface area (Å²) >= 11 is 1.34. The number of hydrogen-bond acceptors (Lipinski definition) is 8. The van der Waals surface area contributed by atoms with Crippen molar-refractivity contribution in [3.8, 4) is 22.1 Å². The molecule has 194 valence electrons. The van der Waals surface area contributed by atoms with E-state index in [1.807, 2.05) is 37.8 Å². The van der Waals surface area contributed by atoms with Gasteiger partial charge in [0, 0.05) is 54.5 Å². The third kappa shape index (κ3) is 4.65. The highest BCUT2D eigenvalue weighted by Gasteiger charge is 2.57. The van der Waals surface area contributed by atoms with E-state index in [1.54, 1.807) is 30.6 Å². The lowest BCUT2D eigenvalue weighted by Crippen LogP contribution is -2.33. The van der Waals surface area contributed by atoms with Gasteiger partial charge in [0.15, 0.2) is 10.8 Å². The van der Waals surface area contributed by atoms with Gasteiger partial charge in [-0.25, -0.2) is 24.3 Å². The predicted molar refractivity (Wildman–Crippen MR) is 145 cm³/mol. The Morgan fingerprint density at radius 3 is 2.45 bits per heavy atom. The third-order valence-corrected chi connectivity index (χ3v) is 8.39. The Hall–Kier alpha value is -3.76. The van der Waals surface area contributed by atoms with Crippen molar-refractivity contribution in [3.63, 3.8) is 0 Å². The Labute approximate surface area is 224 Å². The fourth-order valence-corrected chi connectivity index (χ4v) is 6.05. The van der Waals surface area contributed by atoms with Gasteiger partial charge in [-0.15, -0.1) is 11.3 Å². The molecule has 0 bridgehead atoms. The normalized spacial score (nSPS) is 20.3. The highest BCUT2D eigenvalue weighted by Crippen LogP contribution is 2.48. The number of aryl methyl sites for hydroxylation is 1. The minimum Gasteiger partial charge on any atom is -0.367 e. The second-order valence-corrected chi connectivity index (χ2v) is 11.6. The average molecular weight is 530 g/mol. The lowest BCUT2D eigenvalue weighted by atomic mass is 9.94. The number of amides is 1. The quantitative estimate of drug-likeness (QED) is 0.379. The summed E-state index contributed by atoms with van der Waals surface area (Å²) in [6, 6.07) is 12.2. The Morgan fingerprint density at radius 2 is 1.79 bits per heavy atom. The Kier molecular flexibility index (Phi) is 5.96. The van der Waals surface area contributed by atoms with E-state index in [1.165, 1.54) is 23.5 Å². The third-order valence-electron chi connectivity index (χ3n) is 7.25. The van der Waals surface area contributed by atoms with E-state index in [9.17, 15) is 9.18 Å². The van der Waals surface area contributed by atoms with Gasteiger partial charge in [-0.2, -0.15) is 0 Å². The summed E-state index contributed by atoms with van der Waals surface area (Å²) in [5, 5.41) is 4.24. The molecule has 2 aliphatic rings. The van der Waals surface area contributed by atoms with E-state index >= 15 is 0 Å². The molecule has 4 heterocycles. The highest BCUT2D eigenvalue weighted by molar-refractivity contribution is 7.17. The van der Waals surface area contributed by atoms with Gasteiger partial charge in [0.2, 0.25) is 0 Å². The van der Waals surface area contributed by atoms with Crippen molar-refractivity contribution >= 4 is 23.1 Å². The fraction of sp³-hybridized carbons (Fsp3) is 0.321. The maximum Gasteiger partial charge on any atom is 0.265 e. The van der Waals surface area contributed by atoms with Gasteiger partial charge >= 0.3 is 0 Å². The first-order valence-corrected chi connectivity index (χ1v) is 13.4. The number of fused-ring (bicyclic) bond motifs is 1. The van der Waals surface area contributed by atoms with Crippen LogP contribution in [-0.4, -0.2) is 49.9 Å². The van der Waals surface area contributed by atoms with Gasteiger partial charge in [0.25, 0.3) is 5.91 Å². The zero-order chi connectivity index (χ0) is 26.6. The first kappa shape index (κ1) is 24.6. The molecule has 8 nitrogen and oxygen atoms in total. The molecular weight excluding hydrogens is 501 g/mol. The van der Waals surface area contributed by atoms with Gasteiger partial charge < -0.3 is 16.0 Å². The molecule has 3 aromatic heterocycles. The van der Waals surface area contributed by atoms with Crippen molar-refractivity contribution in [1.29, 1.82) is 0 Å². The molecule has 2 fully saturated rings. The fourth-order valence-electron chi connectivity index (χ4n) is 5.07. The Balaban J connectivity index is 1.16. The molecule has 1 saturated heterocycles. The van der Waals surface area contributed by atoms with Gasteiger partial charge in [-0.05, 0) is 68.8 Å². The highest BCUT2D eigenvalue weighted by atomic mass is 32.1. The number of hydrogen-bond donors (Lipinski definition) is 2. The van der Waals surface area contributed by atoms with Crippen LogP contribution in [0.5, 0.6) is 0 Å². The number of nitrogens with zero attached hydrogens (tertiary/aromatic N) is 5. The number of pyridine rings is 1. The lowest BCUT2D eigenvalue weighted by molar-refractivity contribution is 0.0778. The molecule has 0 spiro atoms. The first-order chi connectivity index (χ1) is 18.2. The minimum atomic E-state index is -0.562. The summed E-state index contributed by atoms with van der Waals surface area (Å²) in [4.78, 5) is 33.7. The summed E-state index contributed by atoms with van der Waals surface area (Å²) in [7, 11) is 0. The van der Waals surface area contributed by atoms with Crippen molar-refractivity contribution in [2.45, 2.75) is 32.4 Å². The molecule has 38 heavy (non-hydrogen) atoms. The molecule has 1 aliphatic carbocycles. The van der Waals surface area contributed by atoms with Crippen LogP contribution >= 0.6 is 11.3 Å². The van der Waals surface area contributed by atoms with Crippen LogP contribution in [0.3, 0.4) is 0 Å². The molecule has 1 aliphatic heterocycles. The van der Waals surface area contributed by atoms with Crippen LogP contribution in [0.25, 0.3) is 22.1 Å². The van der Waals surface area contributed by atoms with Crippen molar-refractivity contribution in [3.05, 3.63) is 76.8 Å². The van der Waals surface area contributed by atoms with E-state index < -0.39 is 5.54 Å². The number of nitrogens with two attached hydrogens (primary N) is 1. The van der Waals surface area contributed by atoms with E-state index in [2.05, 4.69) is 20.3 Å². The number of rotatable bonds is 6. The van der Waals surface area contributed by atoms with Crippen molar-refractivity contribution in [1.82, 2.24) is 24.8 Å². The van der Waals surface area contributed by atoms with Crippen molar-refractivity contribution in [2.24, 2.45) is 17.6 Å². The number of anilines is 1. The summed E-state index contributed by atoms with van der Waals surface area (Å²) < 4.78 is 13.5.